The molecular formula is C11H5BrF3N3O. The Kier molecular flexibility index (Phi) is 2.63. The van der Waals surface area contributed by atoms with Crippen molar-refractivity contribution < 1.29 is 17.6 Å². The third kappa shape index (κ3) is 2.01. The monoisotopic (exact) mass is 331 g/mol. The first kappa shape index (κ1) is 12.2. The summed E-state index contributed by atoms with van der Waals surface area (Å²) in [5.41, 5.74) is 0.876. The zero-order valence-electron chi connectivity index (χ0n) is 9.12. The molecule has 0 atom stereocenters. The van der Waals surface area contributed by atoms with Gasteiger partial charge in [-0.3, -0.25) is 5.10 Å². The molecule has 0 bridgehead atoms. The van der Waals surface area contributed by atoms with E-state index in [1.807, 2.05) is 5.10 Å². The lowest BCUT2D eigenvalue weighted by atomic mass is 10.1. The first-order chi connectivity index (χ1) is 8.97. The molecule has 0 aliphatic rings. The maximum absolute atomic E-state index is 12.7. The Bertz CT molecular complexity index is 747. The van der Waals surface area contributed by atoms with Gasteiger partial charge in [0.05, 0.1) is 4.47 Å². The van der Waals surface area contributed by atoms with Crippen molar-refractivity contribution in [2.75, 3.05) is 0 Å². The van der Waals surface area contributed by atoms with Gasteiger partial charge in [-0.2, -0.15) is 18.3 Å². The highest BCUT2D eigenvalue weighted by Crippen LogP contribution is 2.38. The second-order valence-corrected chi connectivity index (χ2v) is 4.59. The van der Waals surface area contributed by atoms with Crippen molar-refractivity contribution in [2.24, 2.45) is 0 Å². The van der Waals surface area contributed by atoms with Crippen molar-refractivity contribution in [1.29, 1.82) is 0 Å². The Labute approximate surface area is 112 Å². The van der Waals surface area contributed by atoms with E-state index in [1.54, 1.807) is 18.2 Å². The minimum atomic E-state index is -4.49. The van der Waals surface area contributed by atoms with Crippen LogP contribution >= 0.6 is 15.9 Å². The Hall–Kier alpha value is -1.83. The van der Waals surface area contributed by atoms with Crippen LogP contribution in [0.2, 0.25) is 0 Å². The highest BCUT2D eigenvalue weighted by atomic mass is 79.9. The molecule has 3 rings (SSSR count). The fraction of sp³-hybridized carbons (Fsp3) is 0.0909. The van der Waals surface area contributed by atoms with Gasteiger partial charge in [-0.1, -0.05) is 6.07 Å². The van der Waals surface area contributed by atoms with Crippen LogP contribution in [0.3, 0.4) is 0 Å². The molecule has 0 radical (unpaired) electrons. The molecule has 0 spiro atoms. The number of halogens is 4. The normalized spacial score (nSPS) is 12.2. The van der Waals surface area contributed by atoms with Crippen LogP contribution in [0, 0.1) is 0 Å². The predicted molar refractivity (Wildman–Crippen MR) is 64.3 cm³/mol. The molecule has 8 heteroatoms. The van der Waals surface area contributed by atoms with Crippen LogP contribution < -0.4 is 0 Å². The van der Waals surface area contributed by atoms with Gasteiger partial charge in [0, 0.05) is 5.56 Å². The summed E-state index contributed by atoms with van der Waals surface area (Å²) in [5, 5.41) is 5.68. The van der Waals surface area contributed by atoms with E-state index >= 15 is 0 Å². The average Bonchev–Trinajstić information content (AvgIpc) is 2.92. The SMILES string of the molecule is FC(F)(F)c1[nH]nc(-c2ccc3ncoc3c2)c1Br. The summed E-state index contributed by atoms with van der Waals surface area (Å²) in [7, 11) is 0. The van der Waals surface area contributed by atoms with E-state index in [2.05, 4.69) is 26.0 Å². The Morgan fingerprint density at radius 1 is 1.26 bits per heavy atom. The number of nitrogens with zero attached hydrogens (tertiary/aromatic N) is 2. The lowest BCUT2D eigenvalue weighted by Gasteiger charge is -2.03. The van der Waals surface area contributed by atoms with Crippen molar-refractivity contribution in [1.82, 2.24) is 15.2 Å². The Morgan fingerprint density at radius 2 is 2.05 bits per heavy atom. The van der Waals surface area contributed by atoms with Gasteiger partial charge in [0.1, 0.15) is 11.2 Å². The predicted octanol–water partition coefficient (Wildman–Crippen LogP) is 4.00. The van der Waals surface area contributed by atoms with E-state index in [1.165, 1.54) is 6.39 Å². The molecule has 1 N–H and O–H groups in total. The van der Waals surface area contributed by atoms with Gasteiger partial charge >= 0.3 is 6.18 Å². The number of H-pyrrole nitrogens is 1. The van der Waals surface area contributed by atoms with Gasteiger partial charge in [-0.25, -0.2) is 4.98 Å². The van der Waals surface area contributed by atoms with E-state index in [0.29, 0.717) is 16.7 Å². The molecule has 1 aromatic carbocycles. The molecule has 2 heterocycles. The summed E-state index contributed by atoms with van der Waals surface area (Å²) < 4.78 is 42.9. The van der Waals surface area contributed by atoms with Crippen molar-refractivity contribution in [2.45, 2.75) is 6.18 Å². The summed E-state index contributed by atoms with van der Waals surface area (Å²) in [5.74, 6) is 0. The topological polar surface area (TPSA) is 54.7 Å². The fourth-order valence-corrected chi connectivity index (χ4v) is 2.34. The van der Waals surface area contributed by atoms with E-state index in [4.69, 9.17) is 4.42 Å². The first-order valence-corrected chi connectivity index (χ1v) is 5.91. The standard InChI is InChI=1S/C11H5BrF3N3O/c12-8-9(17-18-10(8)11(13,14)15)5-1-2-6-7(3-5)19-4-16-6/h1-4H,(H,17,18). The number of aromatic nitrogens is 3. The number of hydrogen-bond donors (Lipinski definition) is 1. The highest BCUT2D eigenvalue weighted by Gasteiger charge is 2.36. The molecule has 19 heavy (non-hydrogen) atoms. The van der Waals surface area contributed by atoms with Gasteiger partial charge < -0.3 is 4.42 Å². The van der Waals surface area contributed by atoms with Crippen LogP contribution in [-0.2, 0) is 6.18 Å². The lowest BCUT2D eigenvalue weighted by molar-refractivity contribution is -0.141. The number of oxazole rings is 1. The summed E-state index contributed by atoms with van der Waals surface area (Å²) in [6, 6.07) is 4.87. The quantitative estimate of drug-likeness (QED) is 0.733. The fourth-order valence-electron chi connectivity index (χ4n) is 1.71. The van der Waals surface area contributed by atoms with E-state index < -0.39 is 11.9 Å². The van der Waals surface area contributed by atoms with Crippen LogP contribution in [0.25, 0.3) is 22.4 Å². The summed E-state index contributed by atoms with van der Waals surface area (Å²) in [4.78, 5) is 3.93. The molecule has 0 fully saturated rings. The van der Waals surface area contributed by atoms with Gasteiger partial charge in [0.2, 0.25) is 0 Å². The number of aromatic amines is 1. The molecule has 0 aliphatic carbocycles. The van der Waals surface area contributed by atoms with Gasteiger partial charge in [0.15, 0.2) is 17.7 Å². The summed E-state index contributed by atoms with van der Waals surface area (Å²) >= 11 is 2.92. The molecule has 0 amide bonds. The van der Waals surface area contributed by atoms with E-state index in [9.17, 15) is 13.2 Å². The third-order valence-electron chi connectivity index (χ3n) is 2.60. The summed E-state index contributed by atoms with van der Waals surface area (Å²) in [6.45, 7) is 0. The van der Waals surface area contributed by atoms with Gasteiger partial charge in [-0.15, -0.1) is 0 Å². The van der Waals surface area contributed by atoms with Crippen molar-refractivity contribution in [3.63, 3.8) is 0 Å². The van der Waals surface area contributed by atoms with E-state index in [-0.39, 0.29) is 10.2 Å². The van der Waals surface area contributed by atoms with Crippen molar-refractivity contribution in [3.8, 4) is 11.3 Å². The first-order valence-electron chi connectivity index (χ1n) is 5.11. The van der Waals surface area contributed by atoms with Crippen LogP contribution in [0.15, 0.2) is 33.5 Å². The van der Waals surface area contributed by atoms with Gasteiger partial charge in [0.25, 0.3) is 0 Å². The Balaban J connectivity index is 2.14. The smallest absolute Gasteiger partial charge is 0.433 e. The van der Waals surface area contributed by atoms with Gasteiger partial charge in [-0.05, 0) is 28.1 Å². The summed E-state index contributed by atoms with van der Waals surface area (Å²) in [6.07, 6.45) is -3.21. The average molecular weight is 332 g/mol. The number of fused-ring (bicyclic) bond motifs is 1. The van der Waals surface area contributed by atoms with Crippen molar-refractivity contribution in [3.05, 3.63) is 34.8 Å². The van der Waals surface area contributed by atoms with Crippen LogP contribution in [0.4, 0.5) is 13.2 Å². The zero-order chi connectivity index (χ0) is 13.6. The minimum Gasteiger partial charge on any atom is -0.443 e. The third-order valence-corrected chi connectivity index (χ3v) is 3.37. The molecular weight excluding hydrogens is 327 g/mol. The maximum atomic E-state index is 12.7. The molecule has 4 nitrogen and oxygen atoms in total. The molecule has 0 aliphatic heterocycles. The number of alkyl halides is 3. The molecule has 0 saturated carbocycles. The molecule has 3 aromatic rings. The molecule has 2 aromatic heterocycles. The zero-order valence-corrected chi connectivity index (χ0v) is 10.7. The molecule has 0 unspecified atom stereocenters. The number of benzene rings is 1. The largest absolute Gasteiger partial charge is 0.443 e. The lowest BCUT2D eigenvalue weighted by Crippen LogP contribution is -2.06. The highest BCUT2D eigenvalue weighted by molar-refractivity contribution is 9.10. The van der Waals surface area contributed by atoms with Crippen LogP contribution in [-0.4, -0.2) is 15.2 Å². The molecule has 0 saturated heterocycles. The number of nitrogens with one attached hydrogen (secondary N) is 1. The second-order valence-electron chi connectivity index (χ2n) is 3.79. The number of hydrogen-bond acceptors (Lipinski definition) is 3. The Morgan fingerprint density at radius 3 is 2.74 bits per heavy atom. The van der Waals surface area contributed by atoms with Crippen LogP contribution in [0.1, 0.15) is 5.69 Å². The van der Waals surface area contributed by atoms with Crippen molar-refractivity contribution >= 4 is 27.0 Å². The van der Waals surface area contributed by atoms with Crippen LogP contribution in [0.5, 0.6) is 0 Å². The maximum Gasteiger partial charge on any atom is 0.433 e. The number of rotatable bonds is 1. The second kappa shape index (κ2) is 4.09. The minimum absolute atomic E-state index is 0.126. The van der Waals surface area contributed by atoms with E-state index in [0.717, 1.165) is 0 Å². The molecule has 98 valence electrons.